The predicted octanol–water partition coefficient (Wildman–Crippen LogP) is 5.16. The fourth-order valence-corrected chi connectivity index (χ4v) is 2.89. The number of carbonyl (C=O) groups excluding carboxylic acids is 2. The first-order valence-corrected chi connectivity index (χ1v) is 10.0. The topological polar surface area (TPSA) is 79.8 Å². The van der Waals surface area contributed by atoms with E-state index < -0.39 is 5.91 Å². The fourth-order valence-electron chi connectivity index (χ4n) is 2.58. The molecule has 0 saturated heterocycles. The molecule has 0 aliphatic rings. The standard InChI is InChI=1S/C23H19Cl2N3O3/c1-15(27-28-22(29)14-31-21-10-8-18(24)9-11-21)16-4-3-7-20(13-16)26-23(30)17-5-2-6-19(25)12-17/h2-13H,14H2,1H3,(H,26,30)(H,28,29)/b27-15-. The summed E-state index contributed by atoms with van der Waals surface area (Å²) in [5, 5.41) is 7.99. The van der Waals surface area contributed by atoms with E-state index in [4.69, 9.17) is 27.9 Å². The summed E-state index contributed by atoms with van der Waals surface area (Å²) in [6.45, 7) is 1.56. The molecule has 0 aromatic heterocycles. The third-order valence-electron chi connectivity index (χ3n) is 4.16. The van der Waals surface area contributed by atoms with Crippen LogP contribution in [0.5, 0.6) is 5.75 Å². The lowest BCUT2D eigenvalue weighted by Crippen LogP contribution is -2.25. The Kier molecular flexibility index (Phi) is 7.65. The SMILES string of the molecule is C/C(=N/NC(=O)COc1ccc(Cl)cc1)c1cccc(NC(=O)c2cccc(Cl)c2)c1. The quantitative estimate of drug-likeness (QED) is 0.381. The maximum absolute atomic E-state index is 12.4. The summed E-state index contributed by atoms with van der Waals surface area (Å²) in [6.07, 6.45) is 0. The molecule has 0 bridgehead atoms. The Morgan fingerprint density at radius 2 is 1.61 bits per heavy atom. The van der Waals surface area contributed by atoms with Crippen molar-refractivity contribution in [1.29, 1.82) is 0 Å². The number of anilines is 1. The molecular formula is C23H19Cl2N3O3. The van der Waals surface area contributed by atoms with Crippen LogP contribution in [0.15, 0.2) is 77.9 Å². The van der Waals surface area contributed by atoms with Crippen LogP contribution < -0.4 is 15.5 Å². The van der Waals surface area contributed by atoms with E-state index >= 15 is 0 Å². The highest BCUT2D eigenvalue weighted by molar-refractivity contribution is 6.31. The Hall–Kier alpha value is -3.35. The zero-order chi connectivity index (χ0) is 22.2. The summed E-state index contributed by atoms with van der Waals surface area (Å²) in [6, 6.07) is 20.5. The number of hydrogen-bond acceptors (Lipinski definition) is 4. The van der Waals surface area contributed by atoms with Gasteiger partial charge in [-0.05, 0) is 67.1 Å². The third-order valence-corrected chi connectivity index (χ3v) is 4.64. The van der Waals surface area contributed by atoms with Crippen molar-refractivity contribution in [3.63, 3.8) is 0 Å². The molecule has 8 heteroatoms. The molecule has 3 aromatic rings. The molecule has 0 atom stereocenters. The van der Waals surface area contributed by atoms with Crippen molar-refractivity contribution in [2.24, 2.45) is 5.10 Å². The summed E-state index contributed by atoms with van der Waals surface area (Å²) >= 11 is 11.8. The molecule has 0 fully saturated rings. The largest absolute Gasteiger partial charge is 0.484 e. The Morgan fingerprint density at radius 3 is 2.35 bits per heavy atom. The molecular weight excluding hydrogens is 437 g/mol. The fraction of sp³-hybridized carbons (Fsp3) is 0.0870. The molecule has 0 saturated carbocycles. The first-order chi connectivity index (χ1) is 14.9. The van der Waals surface area contributed by atoms with Gasteiger partial charge in [-0.25, -0.2) is 5.43 Å². The van der Waals surface area contributed by atoms with Gasteiger partial charge in [-0.15, -0.1) is 0 Å². The number of nitrogens with one attached hydrogen (secondary N) is 2. The normalized spacial score (nSPS) is 11.0. The molecule has 0 spiro atoms. The average Bonchev–Trinajstić information content (AvgIpc) is 2.77. The van der Waals surface area contributed by atoms with Gasteiger partial charge in [-0.1, -0.05) is 41.4 Å². The minimum atomic E-state index is -0.403. The lowest BCUT2D eigenvalue weighted by Gasteiger charge is -2.08. The summed E-state index contributed by atoms with van der Waals surface area (Å²) in [7, 11) is 0. The van der Waals surface area contributed by atoms with E-state index in [1.807, 2.05) is 6.07 Å². The molecule has 2 amide bonds. The molecule has 3 aromatic carbocycles. The van der Waals surface area contributed by atoms with Gasteiger partial charge in [0.15, 0.2) is 6.61 Å². The molecule has 0 heterocycles. The number of carbonyl (C=O) groups is 2. The Morgan fingerprint density at radius 1 is 0.903 bits per heavy atom. The highest BCUT2D eigenvalue weighted by atomic mass is 35.5. The number of benzene rings is 3. The monoisotopic (exact) mass is 455 g/mol. The van der Waals surface area contributed by atoms with Gasteiger partial charge in [-0.3, -0.25) is 9.59 Å². The highest BCUT2D eigenvalue weighted by Crippen LogP contribution is 2.16. The maximum atomic E-state index is 12.4. The van der Waals surface area contributed by atoms with E-state index in [2.05, 4.69) is 15.8 Å². The number of amides is 2. The Bertz CT molecular complexity index is 1120. The van der Waals surface area contributed by atoms with Crippen LogP contribution in [0, 0.1) is 0 Å². The van der Waals surface area contributed by atoms with Crippen LogP contribution in [0.2, 0.25) is 10.0 Å². The first-order valence-electron chi connectivity index (χ1n) is 9.29. The molecule has 0 radical (unpaired) electrons. The Balaban J connectivity index is 1.57. The predicted molar refractivity (Wildman–Crippen MR) is 123 cm³/mol. The van der Waals surface area contributed by atoms with Gasteiger partial charge in [0.2, 0.25) is 0 Å². The van der Waals surface area contributed by atoms with Crippen LogP contribution in [0.3, 0.4) is 0 Å². The number of nitrogens with zero attached hydrogens (tertiary/aromatic N) is 1. The molecule has 3 rings (SSSR count). The van der Waals surface area contributed by atoms with E-state index in [9.17, 15) is 9.59 Å². The molecule has 2 N–H and O–H groups in total. The molecule has 0 aliphatic heterocycles. The lowest BCUT2D eigenvalue weighted by molar-refractivity contribution is -0.123. The van der Waals surface area contributed by atoms with Gasteiger partial charge in [0, 0.05) is 21.3 Å². The zero-order valence-corrected chi connectivity index (χ0v) is 18.1. The minimum absolute atomic E-state index is 0.186. The van der Waals surface area contributed by atoms with Crippen molar-refractivity contribution in [1.82, 2.24) is 5.43 Å². The van der Waals surface area contributed by atoms with Gasteiger partial charge in [0.05, 0.1) is 5.71 Å². The van der Waals surface area contributed by atoms with E-state index in [0.29, 0.717) is 32.8 Å². The van der Waals surface area contributed by atoms with Crippen molar-refractivity contribution in [2.75, 3.05) is 11.9 Å². The molecule has 0 aliphatic carbocycles. The van der Waals surface area contributed by atoms with Crippen molar-refractivity contribution in [2.45, 2.75) is 6.92 Å². The number of rotatable bonds is 7. The Labute approximate surface area is 189 Å². The second-order valence-corrected chi connectivity index (χ2v) is 7.39. The van der Waals surface area contributed by atoms with Crippen molar-refractivity contribution in [3.8, 4) is 5.75 Å². The molecule has 6 nitrogen and oxygen atoms in total. The van der Waals surface area contributed by atoms with E-state index in [1.54, 1.807) is 73.7 Å². The number of halogens is 2. The molecule has 158 valence electrons. The van der Waals surface area contributed by atoms with Crippen LogP contribution in [-0.2, 0) is 4.79 Å². The minimum Gasteiger partial charge on any atom is -0.484 e. The molecule has 0 unspecified atom stereocenters. The highest BCUT2D eigenvalue weighted by Gasteiger charge is 2.08. The second-order valence-electron chi connectivity index (χ2n) is 6.52. The van der Waals surface area contributed by atoms with Crippen LogP contribution >= 0.6 is 23.2 Å². The second kappa shape index (κ2) is 10.6. The van der Waals surface area contributed by atoms with E-state index in [0.717, 1.165) is 5.56 Å². The summed E-state index contributed by atoms with van der Waals surface area (Å²) in [5.41, 5.74) is 4.80. The number of hydrogen-bond donors (Lipinski definition) is 2. The molecule has 31 heavy (non-hydrogen) atoms. The van der Waals surface area contributed by atoms with Gasteiger partial charge in [0.25, 0.3) is 11.8 Å². The zero-order valence-electron chi connectivity index (χ0n) is 16.6. The summed E-state index contributed by atoms with van der Waals surface area (Å²) < 4.78 is 5.38. The first kappa shape index (κ1) is 22.3. The summed E-state index contributed by atoms with van der Waals surface area (Å²) in [5.74, 6) is -0.148. The van der Waals surface area contributed by atoms with E-state index in [-0.39, 0.29) is 12.5 Å². The smallest absolute Gasteiger partial charge is 0.277 e. The summed E-state index contributed by atoms with van der Waals surface area (Å²) in [4.78, 5) is 24.4. The van der Waals surface area contributed by atoms with Crippen molar-refractivity contribution >= 4 is 46.4 Å². The van der Waals surface area contributed by atoms with Gasteiger partial charge in [-0.2, -0.15) is 5.10 Å². The van der Waals surface area contributed by atoms with Crippen LogP contribution in [0.4, 0.5) is 5.69 Å². The van der Waals surface area contributed by atoms with Gasteiger partial charge < -0.3 is 10.1 Å². The van der Waals surface area contributed by atoms with Crippen molar-refractivity contribution < 1.29 is 14.3 Å². The maximum Gasteiger partial charge on any atom is 0.277 e. The van der Waals surface area contributed by atoms with Crippen LogP contribution in [0.1, 0.15) is 22.8 Å². The van der Waals surface area contributed by atoms with Gasteiger partial charge >= 0.3 is 0 Å². The lowest BCUT2D eigenvalue weighted by atomic mass is 10.1. The van der Waals surface area contributed by atoms with Gasteiger partial charge in [0.1, 0.15) is 5.75 Å². The number of ether oxygens (including phenoxy) is 1. The van der Waals surface area contributed by atoms with Crippen LogP contribution in [-0.4, -0.2) is 24.1 Å². The van der Waals surface area contributed by atoms with E-state index in [1.165, 1.54) is 0 Å². The van der Waals surface area contributed by atoms with Crippen LogP contribution in [0.25, 0.3) is 0 Å². The number of hydrazone groups is 1. The van der Waals surface area contributed by atoms with Crippen molar-refractivity contribution in [3.05, 3.63) is 94.0 Å². The average molecular weight is 456 g/mol. The third kappa shape index (κ3) is 6.84.